The Kier molecular flexibility index (Phi) is 23.9. The zero-order valence-corrected chi connectivity index (χ0v) is 58.0. The van der Waals surface area contributed by atoms with Crippen molar-refractivity contribution in [1.29, 1.82) is 0 Å². The van der Waals surface area contributed by atoms with Crippen LogP contribution in [0.3, 0.4) is 0 Å². The number of hydrogen-bond donors (Lipinski definition) is 7. The third-order valence-electron chi connectivity index (χ3n) is 23.8. The third kappa shape index (κ3) is 13.7. The summed E-state index contributed by atoms with van der Waals surface area (Å²) >= 11 is 0. The van der Waals surface area contributed by atoms with Gasteiger partial charge in [-0.15, -0.1) is 0 Å². The summed E-state index contributed by atoms with van der Waals surface area (Å²) in [5.74, 6) is -5.98. The molecule has 7 rings (SSSR count). The van der Waals surface area contributed by atoms with Crippen LogP contribution in [0.5, 0.6) is 0 Å². The minimum Gasteiger partial charge on any atom is -0.466 e. The van der Waals surface area contributed by atoms with Crippen molar-refractivity contribution in [3.05, 3.63) is 23.8 Å². The first-order chi connectivity index (χ1) is 42.4. The summed E-state index contributed by atoms with van der Waals surface area (Å²) < 4.78 is 75.9. The number of allylic oxidation sites excluding steroid dienone is 4. The van der Waals surface area contributed by atoms with Gasteiger partial charge in [-0.3, -0.25) is 14.4 Å². The zero-order valence-electron chi connectivity index (χ0n) is 58.0. The first kappa shape index (κ1) is 75.3. The van der Waals surface area contributed by atoms with Crippen LogP contribution in [0, 0.1) is 46.3 Å². The van der Waals surface area contributed by atoms with E-state index in [9.17, 15) is 44.7 Å². The van der Waals surface area contributed by atoms with Crippen LogP contribution in [-0.2, 0) is 61.8 Å². The molecule has 23 heteroatoms. The van der Waals surface area contributed by atoms with E-state index in [1.165, 1.54) is 27.2 Å². The minimum atomic E-state index is -2.14. The van der Waals surface area contributed by atoms with E-state index in [1.807, 2.05) is 59.7 Å². The molecule has 0 radical (unpaired) electrons. The molecule has 522 valence electrons. The van der Waals surface area contributed by atoms with Crippen LogP contribution in [-0.4, -0.2) is 241 Å². The van der Waals surface area contributed by atoms with E-state index in [4.69, 9.17) is 42.6 Å². The molecule has 3 heterocycles. The number of nitrogens with one attached hydrogen (secondary N) is 2. The average molecular weight is 1300 g/mol. The highest BCUT2D eigenvalue weighted by Crippen LogP contribution is 2.71. The Bertz CT molecular complexity index is 2600. The topological polar surface area (TPSA) is 283 Å². The van der Waals surface area contributed by atoms with E-state index in [1.54, 1.807) is 61.7 Å². The lowest BCUT2D eigenvalue weighted by atomic mass is 9.45. The van der Waals surface area contributed by atoms with Crippen molar-refractivity contribution in [2.75, 3.05) is 74.7 Å². The number of hydrogen-bond acceptors (Lipinski definition) is 22. The molecule has 0 aromatic heterocycles. The lowest BCUT2D eigenvalue weighted by Crippen LogP contribution is -2.70. The summed E-state index contributed by atoms with van der Waals surface area (Å²) in [7, 11) is 8.15. The summed E-state index contributed by atoms with van der Waals surface area (Å²) in [5, 5.41) is 67.2. The van der Waals surface area contributed by atoms with Crippen LogP contribution < -0.4 is 10.6 Å². The summed E-state index contributed by atoms with van der Waals surface area (Å²) in [5.41, 5.74) is -11.7. The Hall–Kier alpha value is -3.11. The molecule has 5 fully saturated rings. The van der Waals surface area contributed by atoms with Crippen LogP contribution in [0.2, 0.25) is 0 Å². The second kappa shape index (κ2) is 28.9. The van der Waals surface area contributed by atoms with Crippen LogP contribution in [0.25, 0.3) is 0 Å². The molecule has 3 saturated heterocycles. The number of ketones is 1. The van der Waals surface area contributed by atoms with E-state index in [2.05, 4.69) is 22.5 Å². The molecule has 7 N–H and O–H groups in total. The molecule has 0 amide bonds. The number of aliphatic hydroxyl groups excluding tert-OH is 3. The van der Waals surface area contributed by atoms with Gasteiger partial charge in [-0.1, -0.05) is 59.3 Å². The number of rotatable bonds is 19. The van der Waals surface area contributed by atoms with Crippen LogP contribution in [0.15, 0.2) is 23.8 Å². The predicted octanol–water partition coefficient (Wildman–Crippen LogP) is 4.96. The highest BCUT2D eigenvalue weighted by molar-refractivity contribution is 5.93. The first-order valence-electron chi connectivity index (χ1n) is 33.6. The molecule has 91 heavy (non-hydrogen) atoms. The maximum Gasteiger partial charge on any atom is 0.351 e. The molecule has 22 nitrogen and oxygen atoms in total. The van der Waals surface area contributed by atoms with Crippen molar-refractivity contribution in [1.82, 2.24) is 20.4 Å². The van der Waals surface area contributed by atoms with Gasteiger partial charge in [0.15, 0.2) is 24.0 Å². The van der Waals surface area contributed by atoms with Gasteiger partial charge >= 0.3 is 17.9 Å². The predicted molar refractivity (Wildman–Crippen MR) is 337 cm³/mol. The summed E-state index contributed by atoms with van der Waals surface area (Å²) in [6, 6.07) is -0.858. The smallest absolute Gasteiger partial charge is 0.351 e. The van der Waals surface area contributed by atoms with Crippen molar-refractivity contribution >= 4 is 23.7 Å². The quantitative estimate of drug-likeness (QED) is 0.0390. The standard InChI is InChI=1S/C68H115FN4O18/c1-20-51-65(14,81)56(78)43(8)73(16)36-38(3)33-63(12,84-18)57(90-59-54(77)49(72(15)21-2)31-40(5)86-59)41(6)55(42(7)58(79)88-51)89-53-35-64(13,85-19)66(82,44(9)87-53)37-71-29-28-70-27-25-52(76)91-68(60(80)83-17)39(4)30-48-47-23-22-45-32-46(74)24-26-61(45,10)67(47,69)50(75)34-62(48,68)11/h22,24,26,38-44,47-51,53-57,59,70-71,75,77-78,81-82H,20-21,23,25,27-37H2,1-19H3/t38-,39-,40-,41+,42-,43-,44+,47?,48?,49+,50+,51-,53+,54-,55+,56-,57-,59+,61+,62+,63-,64-,65-,66+,67+,68+/m1/s1. The fourth-order valence-corrected chi connectivity index (χ4v) is 17.7. The van der Waals surface area contributed by atoms with Crippen LogP contribution in [0.1, 0.15) is 155 Å². The molecule has 4 aliphatic carbocycles. The number of alkyl halides is 1. The Morgan fingerprint density at radius 1 is 0.868 bits per heavy atom. The number of methoxy groups -OCH3 is 3. The Labute approximate surface area is 540 Å². The monoisotopic (exact) mass is 1290 g/mol. The summed E-state index contributed by atoms with van der Waals surface area (Å²) in [4.78, 5) is 59.4. The van der Waals surface area contributed by atoms with Crippen molar-refractivity contribution in [2.24, 2.45) is 46.3 Å². The SMILES string of the molecule is CC[C@H]1OC(=O)[C@H](C)[C@@H](O[C@H]2C[C@@](C)(OC)[C@](O)(CNCCNCCC(=O)O[C@]3(C(=O)OC)[C@H](C)CC4C5CC=C6CC(=O)C=C[C@]6(C)[C@@]5(F)[C@@H](O)C[C@@]43C)[C@H](C)O2)[C@H](C)[C@@H](O[C@@H]2O[C@H](C)C[C@H](N(C)CC)[C@H]2O)[C@](C)(OC)C[C@@H](C)CN(C)[C@H](C)[C@@H](O)[C@]1(C)O. The largest absolute Gasteiger partial charge is 0.466 e. The molecule has 0 spiro atoms. The second-order valence-electron chi connectivity index (χ2n) is 29.5. The number of cyclic esters (lactones) is 1. The van der Waals surface area contributed by atoms with Crippen molar-refractivity contribution in [2.45, 2.75) is 262 Å². The first-order valence-corrected chi connectivity index (χ1v) is 33.6. The van der Waals surface area contributed by atoms with Crippen molar-refractivity contribution < 1.29 is 91.7 Å². The lowest BCUT2D eigenvalue weighted by Gasteiger charge is -2.62. The van der Waals surface area contributed by atoms with Gasteiger partial charge in [0.1, 0.15) is 35.1 Å². The molecular formula is C68H115FN4O18. The Balaban J connectivity index is 1.05. The number of nitrogens with zero attached hydrogens (tertiary/aromatic N) is 2. The van der Waals surface area contributed by atoms with Gasteiger partial charge in [-0.05, 0) is 132 Å². The maximum atomic E-state index is 17.9. The Morgan fingerprint density at radius 2 is 1.54 bits per heavy atom. The third-order valence-corrected chi connectivity index (χ3v) is 23.8. The fourth-order valence-electron chi connectivity index (χ4n) is 17.7. The highest BCUT2D eigenvalue weighted by atomic mass is 19.1. The average Bonchev–Trinajstić information content (AvgIpc) is 1.61. The number of halogens is 1. The van der Waals surface area contributed by atoms with Gasteiger partial charge in [0, 0.05) is 100 Å². The minimum absolute atomic E-state index is 0.0108. The molecule has 0 aromatic rings. The molecule has 26 atom stereocenters. The fraction of sp³-hybridized carbons (Fsp3) is 0.882. The zero-order chi connectivity index (χ0) is 67.9. The van der Waals surface area contributed by atoms with E-state index in [0.29, 0.717) is 51.0 Å². The lowest BCUT2D eigenvalue weighted by molar-refractivity contribution is -0.337. The number of aliphatic hydroxyl groups is 5. The number of carbonyl (C=O) groups is 4. The van der Waals surface area contributed by atoms with Crippen molar-refractivity contribution in [3.8, 4) is 0 Å². The highest BCUT2D eigenvalue weighted by Gasteiger charge is 2.78. The molecule has 0 bridgehead atoms. The summed E-state index contributed by atoms with van der Waals surface area (Å²) in [6.07, 6.45) is -4.13. The number of ether oxygens (including phenoxy) is 9. The van der Waals surface area contributed by atoms with E-state index in [0.717, 1.165) is 0 Å². The second-order valence-corrected chi connectivity index (χ2v) is 29.5. The van der Waals surface area contributed by atoms with Gasteiger partial charge in [-0.25, -0.2) is 9.18 Å². The van der Waals surface area contributed by atoms with Crippen LogP contribution in [0.4, 0.5) is 4.39 Å². The normalized spacial score (nSPS) is 46.9. The number of fused-ring (bicyclic) bond motifs is 5. The number of likely N-dealkylation sites (N-methyl/N-ethyl adjacent to an activating group) is 2. The molecule has 0 aromatic carbocycles. The van der Waals surface area contributed by atoms with Gasteiger partial charge < -0.3 is 88.6 Å². The molecular weight excluding hydrogens is 1180 g/mol. The molecule has 3 aliphatic heterocycles. The number of esters is 3. The molecule has 2 saturated carbocycles. The van der Waals surface area contributed by atoms with E-state index >= 15 is 4.39 Å². The molecule has 2 unspecified atom stereocenters. The Morgan fingerprint density at radius 3 is 2.16 bits per heavy atom. The van der Waals surface area contributed by atoms with Gasteiger partial charge in [-0.2, -0.15) is 0 Å². The van der Waals surface area contributed by atoms with Gasteiger partial charge in [0.2, 0.25) is 5.60 Å². The van der Waals surface area contributed by atoms with Gasteiger partial charge in [0.05, 0.1) is 55.6 Å². The van der Waals surface area contributed by atoms with E-state index in [-0.39, 0.29) is 75.5 Å². The van der Waals surface area contributed by atoms with Crippen molar-refractivity contribution in [3.63, 3.8) is 0 Å². The van der Waals surface area contributed by atoms with Crippen LogP contribution >= 0.6 is 0 Å². The van der Waals surface area contributed by atoms with Gasteiger partial charge in [0.25, 0.3) is 0 Å². The maximum absolute atomic E-state index is 17.9. The summed E-state index contributed by atoms with van der Waals surface area (Å²) in [6.45, 7) is 27.4. The number of carbonyl (C=O) groups excluding carboxylic acids is 4. The van der Waals surface area contributed by atoms with E-state index < -0.39 is 153 Å². The molecule has 7 aliphatic rings.